The molecule has 162 valence electrons. The summed E-state index contributed by atoms with van der Waals surface area (Å²) >= 11 is 0. The molecule has 0 spiro atoms. The van der Waals surface area contributed by atoms with Crippen LogP contribution in [0.3, 0.4) is 0 Å². The number of amides is 1. The van der Waals surface area contributed by atoms with Crippen LogP contribution in [0.15, 0.2) is 35.1 Å². The number of nitrogens with one attached hydrogen (secondary N) is 1. The number of benzene rings is 1. The highest BCUT2D eigenvalue weighted by Crippen LogP contribution is 2.33. The Bertz CT molecular complexity index is 1110. The maximum Gasteiger partial charge on any atom is 0.269 e. The molecule has 2 aromatic rings. The first kappa shape index (κ1) is 20.8. The van der Waals surface area contributed by atoms with E-state index in [0.717, 1.165) is 5.69 Å². The minimum Gasteiger partial charge on any atom is -0.368 e. The van der Waals surface area contributed by atoms with Crippen molar-refractivity contribution in [3.05, 3.63) is 67.6 Å². The van der Waals surface area contributed by atoms with Crippen LogP contribution in [-0.2, 0) is 6.42 Å². The molecular formula is C22H24N4O5. The molecule has 0 unspecified atom stereocenters. The van der Waals surface area contributed by atoms with Crippen LogP contribution >= 0.6 is 0 Å². The summed E-state index contributed by atoms with van der Waals surface area (Å²) in [5.41, 5.74) is 1.23. The van der Waals surface area contributed by atoms with Gasteiger partial charge in [0.2, 0.25) is 0 Å². The molecule has 1 fully saturated rings. The van der Waals surface area contributed by atoms with Crippen molar-refractivity contribution < 1.29 is 14.5 Å². The highest BCUT2D eigenvalue weighted by molar-refractivity contribution is 6.02. The van der Waals surface area contributed by atoms with Gasteiger partial charge in [-0.1, -0.05) is 13.8 Å². The average molecular weight is 424 g/mol. The molecule has 0 bridgehead atoms. The van der Waals surface area contributed by atoms with Gasteiger partial charge in [-0.15, -0.1) is 0 Å². The maximum atomic E-state index is 13.0. The Kier molecular flexibility index (Phi) is 5.12. The number of anilines is 1. The van der Waals surface area contributed by atoms with Gasteiger partial charge >= 0.3 is 0 Å². The van der Waals surface area contributed by atoms with Crippen molar-refractivity contribution in [2.75, 3.05) is 31.1 Å². The van der Waals surface area contributed by atoms with Gasteiger partial charge in [-0.2, -0.15) is 0 Å². The topological polar surface area (TPSA) is 117 Å². The Morgan fingerprint density at radius 1 is 1.06 bits per heavy atom. The van der Waals surface area contributed by atoms with E-state index in [4.69, 9.17) is 0 Å². The number of hydrogen-bond donors (Lipinski definition) is 1. The van der Waals surface area contributed by atoms with E-state index in [1.807, 2.05) is 18.7 Å². The van der Waals surface area contributed by atoms with E-state index < -0.39 is 10.5 Å². The van der Waals surface area contributed by atoms with Gasteiger partial charge in [-0.05, 0) is 30.0 Å². The number of hydrogen-bond acceptors (Lipinski definition) is 6. The summed E-state index contributed by atoms with van der Waals surface area (Å²) < 4.78 is 0. The van der Waals surface area contributed by atoms with Gasteiger partial charge in [0, 0.05) is 61.7 Å². The van der Waals surface area contributed by atoms with Gasteiger partial charge in [-0.25, -0.2) is 0 Å². The Hall–Kier alpha value is -3.49. The molecule has 1 aliphatic carbocycles. The Morgan fingerprint density at radius 2 is 1.71 bits per heavy atom. The van der Waals surface area contributed by atoms with Crippen molar-refractivity contribution in [3.63, 3.8) is 0 Å². The van der Waals surface area contributed by atoms with Crippen LogP contribution in [-0.4, -0.2) is 52.7 Å². The SMILES string of the molecule is CC1(C)CC(=O)c2cc(C(=O)N3CCN(c4ccc([N+](=O)[O-])cc4)CC3)c(=O)[nH]c2C1. The molecule has 1 aromatic carbocycles. The predicted octanol–water partition coefficient (Wildman–Crippen LogP) is 2.40. The number of pyridine rings is 1. The first-order valence-electron chi connectivity index (χ1n) is 10.2. The van der Waals surface area contributed by atoms with E-state index in [1.165, 1.54) is 18.2 Å². The summed E-state index contributed by atoms with van der Waals surface area (Å²) in [4.78, 5) is 54.9. The summed E-state index contributed by atoms with van der Waals surface area (Å²) in [6.07, 6.45) is 0.972. The normalized spacial score (nSPS) is 17.9. The molecule has 1 saturated heterocycles. The van der Waals surface area contributed by atoms with Crippen molar-refractivity contribution in [1.82, 2.24) is 9.88 Å². The van der Waals surface area contributed by atoms with Crippen molar-refractivity contribution in [2.45, 2.75) is 26.7 Å². The number of carbonyl (C=O) groups excluding carboxylic acids is 2. The maximum absolute atomic E-state index is 13.0. The van der Waals surface area contributed by atoms with E-state index in [1.54, 1.807) is 17.0 Å². The summed E-state index contributed by atoms with van der Waals surface area (Å²) in [7, 11) is 0. The smallest absolute Gasteiger partial charge is 0.269 e. The molecular weight excluding hydrogens is 400 g/mol. The Morgan fingerprint density at radius 3 is 2.32 bits per heavy atom. The third-order valence-corrected chi connectivity index (χ3v) is 5.94. The number of Topliss-reactive ketones (excluding diaryl/α,β-unsaturated/α-hetero) is 1. The largest absolute Gasteiger partial charge is 0.368 e. The first-order chi connectivity index (χ1) is 14.6. The minimum absolute atomic E-state index is 0.00408. The number of aromatic amines is 1. The van der Waals surface area contributed by atoms with Crippen LogP contribution in [0.25, 0.3) is 0 Å². The quantitative estimate of drug-likeness (QED) is 0.597. The fourth-order valence-corrected chi connectivity index (χ4v) is 4.31. The highest BCUT2D eigenvalue weighted by atomic mass is 16.6. The number of nitrogens with zero attached hydrogens (tertiary/aromatic N) is 3. The third-order valence-electron chi connectivity index (χ3n) is 5.94. The van der Waals surface area contributed by atoms with Crippen LogP contribution in [0.4, 0.5) is 11.4 Å². The van der Waals surface area contributed by atoms with E-state index in [9.17, 15) is 24.5 Å². The van der Waals surface area contributed by atoms with Gasteiger partial charge in [-0.3, -0.25) is 24.5 Å². The fraction of sp³-hybridized carbons (Fsp3) is 0.409. The number of aromatic nitrogens is 1. The Labute approximate surface area is 178 Å². The van der Waals surface area contributed by atoms with Gasteiger partial charge in [0.15, 0.2) is 5.78 Å². The van der Waals surface area contributed by atoms with Crippen LogP contribution in [0, 0.1) is 15.5 Å². The monoisotopic (exact) mass is 424 g/mol. The average Bonchev–Trinajstić information content (AvgIpc) is 2.72. The lowest BCUT2D eigenvalue weighted by molar-refractivity contribution is -0.384. The van der Waals surface area contributed by atoms with Crippen molar-refractivity contribution in [1.29, 1.82) is 0 Å². The molecule has 1 N–H and O–H groups in total. The fourth-order valence-electron chi connectivity index (χ4n) is 4.31. The van der Waals surface area contributed by atoms with Crippen LogP contribution in [0.1, 0.15) is 46.7 Å². The second-order valence-electron chi connectivity index (χ2n) is 8.90. The summed E-state index contributed by atoms with van der Waals surface area (Å²) in [5, 5.41) is 10.8. The van der Waals surface area contributed by atoms with Gasteiger partial charge in [0.25, 0.3) is 17.2 Å². The lowest BCUT2D eigenvalue weighted by atomic mass is 9.75. The lowest BCUT2D eigenvalue weighted by Gasteiger charge is -2.36. The highest BCUT2D eigenvalue weighted by Gasteiger charge is 2.33. The summed E-state index contributed by atoms with van der Waals surface area (Å²) in [5.74, 6) is -0.440. The van der Waals surface area contributed by atoms with Crippen LogP contribution < -0.4 is 10.5 Å². The number of rotatable bonds is 3. The van der Waals surface area contributed by atoms with Gasteiger partial charge < -0.3 is 14.8 Å². The molecule has 1 aromatic heterocycles. The van der Waals surface area contributed by atoms with E-state index in [-0.39, 0.29) is 28.4 Å². The minimum atomic E-state index is -0.466. The molecule has 31 heavy (non-hydrogen) atoms. The van der Waals surface area contributed by atoms with Gasteiger partial charge in [0.05, 0.1) is 4.92 Å². The molecule has 2 aliphatic rings. The molecule has 4 rings (SSSR count). The number of carbonyl (C=O) groups is 2. The molecule has 2 heterocycles. The number of nitro groups is 1. The first-order valence-corrected chi connectivity index (χ1v) is 10.2. The zero-order valence-electron chi connectivity index (χ0n) is 17.5. The number of H-pyrrole nitrogens is 1. The Balaban J connectivity index is 1.48. The molecule has 1 aliphatic heterocycles. The van der Waals surface area contributed by atoms with E-state index in [2.05, 4.69) is 4.98 Å². The molecule has 9 heteroatoms. The predicted molar refractivity (Wildman–Crippen MR) is 115 cm³/mol. The third kappa shape index (κ3) is 4.08. The number of fused-ring (bicyclic) bond motifs is 1. The molecule has 0 radical (unpaired) electrons. The summed E-state index contributed by atoms with van der Waals surface area (Å²) in [6, 6.07) is 7.75. The van der Waals surface area contributed by atoms with E-state index in [0.29, 0.717) is 50.3 Å². The van der Waals surface area contributed by atoms with Gasteiger partial charge in [0.1, 0.15) is 5.56 Å². The standard InChI is InChI=1S/C22H24N4O5/c1-22(2)12-18-16(19(27)13-22)11-17(20(28)23-18)21(29)25-9-7-24(8-10-25)14-3-5-15(6-4-14)26(30)31/h3-6,11H,7-10,12-13H2,1-2H3,(H,23,28). The van der Waals surface area contributed by atoms with Crippen molar-refractivity contribution >= 4 is 23.1 Å². The molecule has 0 atom stereocenters. The van der Waals surface area contributed by atoms with Crippen molar-refractivity contribution in [2.24, 2.45) is 5.41 Å². The van der Waals surface area contributed by atoms with Crippen LogP contribution in [0.2, 0.25) is 0 Å². The number of nitro benzene ring substituents is 1. The zero-order valence-corrected chi connectivity index (χ0v) is 17.5. The van der Waals surface area contributed by atoms with E-state index >= 15 is 0 Å². The second-order valence-corrected chi connectivity index (χ2v) is 8.90. The van der Waals surface area contributed by atoms with Crippen LogP contribution in [0.5, 0.6) is 0 Å². The number of piperazine rings is 1. The molecule has 0 saturated carbocycles. The van der Waals surface area contributed by atoms with Crippen molar-refractivity contribution in [3.8, 4) is 0 Å². The second kappa shape index (κ2) is 7.64. The number of non-ortho nitro benzene ring substituents is 1. The molecule has 9 nitrogen and oxygen atoms in total. The molecule has 1 amide bonds. The lowest BCUT2D eigenvalue weighted by Crippen LogP contribution is -2.49. The zero-order chi connectivity index (χ0) is 22.3. The summed E-state index contributed by atoms with van der Waals surface area (Å²) in [6.45, 7) is 5.87. The number of ketones is 1.